The second-order valence-corrected chi connectivity index (χ2v) is 12.6. The molecule has 0 bridgehead atoms. The Labute approximate surface area is 125 Å². The summed E-state index contributed by atoms with van der Waals surface area (Å²) in [7, 11) is -1.94. The number of hydrogen-bond donors (Lipinski definition) is 2. The molecule has 0 radical (unpaired) electrons. The van der Waals surface area contributed by atoms with Gasteiger partial charge in [-0.15, -0.1) is 0 Å². The number of halogens is 1. The van der Waals surface area contributed by atoms with Gasteiger partial charge in [-0.3, -0.25) is 4.79 Å². The van der Waals surface area contributed by atoms with Crippen LogP contribution in [0.15, 0.2) is 0 Å². The van der Waals surface area contributed by atoms with Crippen molar-refractivity contribution in [3.8, 4) is 0 Å². The number of aliphatic hydroxyl groups excluding tert-OH is 2. The normalized spacial score (nSPS) is 26.3. The third-order valence-corrected chi connectivity index (χ3v) is 10.8. The van der Waals surface area contributed by atoms with Crippen LogP contribution in [0.4, 0.5) is 0 Å². The average Bonchev–Trinajstić information content (AvgIpc) is 2.26. The van der Waals surface area contributed by atoms with E-state index in [-0.39, 0.29) is 29.5 Å². The molecule has 0 unspecified atom stereocenters. The predicted octanol–water partition coefficient (Wildman–Crippen LogP) is 1.96. The van der Waals surface area contributed by atoms with Crippen LogP contribution in [0.25, 0.3) is 0 Å². The van der Waals surface area contributed by atoms with E-state index in [0.717, 1.165) is 0 Å². The zero-order valence-electron chi connectivity index (χ0n) is 12.5. The molecule has 1 amide bonds. The van der Waals surface area contributed by atoms with E-state index in [2.05, 4.69) is 49.8 Å². The highest BCUT2D eigenvalue weighted by Gasteiger charge is 2.58. The Morgan fingerprint density at radius 3 is 2.32 bits per heavy atom. The van der Waals surface area contributed by atoms with Crippen LogP contribution in [0.3, 0.4) is 0 Å². The largest absolute Gasteiger partial charge is 0.396 e. The van der Waals surface area contributed by atoms with Crippen molar-refractivity contribution >= 4 is 30.1 Å². The summed E-state index contributed by atoms with van der Waals surface area (Å²) in [6.45, 7) is 10.9. The second-order valence-electron chi connectivity index (χ2n) is 6.84. The van der Waals surface area contributed by atoms with Gasteiger partial charge in [0.2, 0.25) is 5.91 Å². The Bertz CT molecular complexity index is 343. The minimum absolute atomic E-state index is 0.0223. The number of hydrogen-bond acceptors (Lipinski definition) is 3. The van der Waals surface area contributed by atoms with Crippen LogP contribution in [0.5, 0.6) is 0 Å². The molecule has 19 heavy (non-hydrogen) atoms. The molecule has 0 aromatic carbocycles. The van der Waals surface area contributed by atoms with Gasteiger partial charge in [-0.25, -0.2) is 0 Å². The number of nitrogens with zero attached hydrogens (tertiary/aromatic N) is 1. The van der Waals surface area contributed by atoms with E-state index in [1.54, 1.807) is 0 Å². The summed E-state index contributed by atoms with van der Waals surface area (Å²) < 4.78 is 1.99. The quantitative estimate of drug-likeness (QED) is 0.452. The van der Waals surface area contributed by atoms with Gasteiger partial charge in [0.05, 0.1) is 12.0 Å². The van der Waals surface area contributed by atoms with Crippen LogP contribution in [-0.2, 0) is 4.79 Å². The first-order valence-electron chi connectivity index (χ1n) is 6.77. The molecule has 112 valence electrons. The van der Waals surface area contributed by atoms with Gasteiger partial charge < -0.3 is 14.8 Å². The molecule has 1 aliphatic heterocycles. The number of rotatable bonds is 5. The fourth-order valence-corrected chi connectivity index (χ4v) is 5.52. The zero-order chi connectivity index (χ0) is 15.0. The SMILES string of the molecule is CC(C)(C)[Si](C)(C)N1C(=O)[C@@H]([C@@H](O)CBr)[C@H]1CCO. The van der Waals surface area contributed by atoms with Crippen LogP contribution < -0.4 is 0 Å². The predicted molar refractivity (Wildman–Crippen MR) is 82.8 cm³/mol. The molecular formula is C13H26BrNO3Si. The van der Waals surface area contributed by atoms with Crippen LogP contribution >= 0.6 is 15.9 Å². The van der Waals surface area contributed by atoms with Crippen LogP contribution in [0, 0.1) is 5.92 Å². The first-order valence-corrected chi connectivity index (χ1v) is 10.8. The Morgan fingerprint density at radius 1 is 1.42 bits per heavy atom. The van der Waals surface area contributed by atoms with Crippen molar-refractivity contribution in [3.05, 3.63) is 0 Å². The molecule has 2 N–H and O–H groups in total. The van der Waals surface area contributed by atoms with Gasteiger partial charge in [0.25, 0.3) is 0 Å². The van der Waals surface area contributed by atoms with E-state index in [0.29, 0.717) is 11.8 Å². The lowest BCUT2D eigenvalue weighted by molar-refractivity contribution is -0.155. The molecule has 1 saturated heterocycles. The highest BCUT2D eigenvalue weighted by Crippen LogP contribution is 2.46. The summed E-state index contributed by atoms with van der Waals surface area (Å²) >= 11 is 3.23. The highest BCUT2D eigenvalue weighted by atomic mass is 79.9. The third-order valence-electron chi connectivity index (χ3n) is 4.70. The van der Waals surface area contributed by atoms with Gasteiger partial charge >= 0.3 is 0 Å². The summed E-state index contributed by atoms with van der Waals surface area (Å²) in [5.74, 6) is -0.308. The van der Waals surface area contributed by atoms with Crippen molar-refractivity contribution in [3.63, 3.8) is 0 Å². The molecular weight excluding hydrogens is 326 g/mol. The van der Waals surface area contributed by atoms with Crippen LogP contribution in [0.1, 0.15) is 27.2 Å². The van der Waals surface area contributed by atoms with Crippen LogP contribution in [-0.4, -0.2) is 53.0 Å². The van der Waals surface area contributed by atoms with Gasteiger partial charge in [0.15, 0.2) is 8.24 Å². The molecule has 0 spiro atoms. The van der Waals surface area contributed by atoms with Gasteiger partial charge in [-0.05, 0) is 11.5 Å². The maximum absolute atomic E-state index is 12.4. The summed E-state index contributed by atoms with van der Waals surface area (Å²) in [5, 5.41) is 19.7. The van der Waals surface area contributed by atoms with Gasteiger partial charge in [-0.1, -0.05) is 49.8 Å². The number of β-lactam (4-membered cyclic amide) rings is 1. The molecule has 1 rings (SSSR count). The van der Waals surface area contributed by atoms with Crippen molar-refractivity contribution < 1.29 is 15.0 Å². The molecule has 4 nitrogen and oxygen atoms in total. The summed E-state index contributed by atoms with van der Waals surface area (Å²) in [4.78, 5) is 12.4. The first-order chi connectivity index (χ1) is 8.59. The lowest BCUT2D eigenvalue weighted by Gasteiger charge is -2.59. The summed E-state index contributed by atoms with van der Waals surface area (Å²) in [5.41, 5.74) is 0. The molecule has 1 heterocycles. The average molecular weight is 352 g/mol. The smallest absolute Gasteiger partial charge is 0.222 e. The van der Waals surface area contributed by atoms with Crippen molar-refractivity contribution in [2.24, 2.45) is 5.92 Å². The number of carbonyl (C=O) groups is 1. The number of carbonyl (C=O) groups excluding carboxylic acids is 1. The maximum Gasteiger partial charge on any atom is 0.222 e. The van der Waals surface area contributed by atoms with Crippen LogP contribution in [0.2, 0.25) is 18.1 Å². The minimum atomic E-state index is -1.94. The summed E-state index contributed by atoms with van der Waals surface area (Å²) in [6.07, 6.45) is -0.113. The Balaban J connectivity index is 3.00. The Hall–Kier alpha value is 0.0869. The molecule has 6 heteroatoms. The molecule has 1 fully saturated rings. The third kappa shape index (κ3) is 2.91. The molecule has 0 aromatic rings. The lowest BCUT2D eigenvalue weighted by Crippen LogP contribution is -2.74. The Kier molecular flexibility index (Phi) is 5.26. The van der Waals surface area contributed by atoms with Gasteiger partial charge in [0.1, 0.15) is 0 Å². The monoisotopic (exact) mass is 351 g/mol. The van der Waals surface area contributed by atoms with Crippen molar-refractivity contribution in [1.82, 2.24) is 4.57 Å². The first kappa shape index (κ1) is 17.1. The Morgan fingerprint density at radius 2 is 1.95 bits per heavy atom. The van der Waals surface area contributed by atoms with E-state index in [1.807, 2.05) is 4.57 Å². The number of aliphatic hydroxyl groups is 2. The molecule has 0 aromatic heterocycles. The highest BCUT2D eigenvalue weighted by molar-refractivity contribution is 9.09. The fourth-order valence-electron chi connectivity index (χ4n) is 2.58. The number of alkyl halides is 1. The fraction of sp³-hybridized carbons (Fsp3) is 0.923. The molecule has 3 atom stereocenters. The lowest BCUT2D eigenvalue weighted by atomic mass is 9.84. The standard InChI is InChI=1S/C13H26BrNO3Si/c1-13(2,3)19(4,5)15-9(6-7-16)11(12(15)18)10(17)8-14/h9-11,16-17H,6-8H2,1-5H3/t9-,10+,11-/m1/s1. The molecule has 1 aliphatic rings. The topological polar surface area (TPSA) is 60.8 Å². The van der Waals surface area contributed by atoms with E-state index in [4.69, 9.17) is 0 Å². The summed E-state index contributed by atoms with van der Waals surface area (Å²) in [6, 6.07) is -0.0223. The molecule has 0 aliphatic carbocycles. The van der Waals surface area contributed by atoms with E-state index in [9.17, 15) is 15.0 Å². The van der Waals surface area contributed by atoms with Crippen molar-refractivity contribution in [2.45, 2.75) is 57.5 Å². The van der Waals surface area contributed by atoms with Gasteiger partial charge in [-0.2, -0.15) is 0 Å². The van der Waals surface area contributed by atoms with Crippen molar-refractivity contribution in [2.75, 3.05) is 11.9 Å². The maximum atomic E-state index is 12.4. The van der Waals surface area contributed by atoms with E-state index in [1.165, 1.54) is 0 Å². The van der Waals surface area contributed by atoms with Gasteiger partial charge in [0, 0.05) is 18.0 Å². The molecule has 0 saturated carbocycles. The number of amides is 1. The van der Waals surface area contributed by atoms with E-state index < -0.39 is 14.3 Å². The second kappa shape index (κ2) is 5.83. The minimum Gasteiger partial charge on any atom is -0.396 e. The zero-order valence-corrected chi connectivity index (χ0v) is 15.1. The van der Waals surface area contributed by atoms with E-state index >= 15 is 0 Å². The van der Waals surface area contributed by atoms with Crippen molar-refractivity contribution in [1.29, 1.82) is 0 Å².